The summed E-state index contributed by atoms with van der Waals surface area (Å²) in [5, 5.41) is 4.30. The molecule has 0 radical (unpaired) electrons. The summed E-state index contributed by atoms with van der Waals surface area (Å²) < 4.78 is 13.3. The molecule has 140 valence electrons. The molecule has 0 saturated heterocycles. The zero-order valence-electron chi connectivity index (χ0n) is 16.2. The molecular weight excluding hydrogens is 340 g/mol. The van der Waals surface area contributed by atoms with Crippen LogP contribution in [0.5, 0.6) is 5.75 Å². The lowest BCUT2D eigenvalue weighted by atomic mass is 10.1. The maximum atomic E-state index is 12.3. The maximum Gasteiger partial charge on any atom is 0.189 e. The van der Waals surface area contributed by atoms with Gasteiger partial charge in [-0.3, -0.25) is 9.48 Å². The van der Waals surface area contributed by atoms with Crippen molar-refractivity contribution < 1.29 is 13.9 Å². The summed E-state index contributed by atoms with van der Waals surface area (Å²) in [6.07, 6.45) is 4.95. The highest BCUT2D eigenvalue weighted by Crippen LogP contribution is 2.19. The number of allylic oxidation sites excluding steroid dienone is 1. The van der Waals surface area contributed by atoms with Gasteiger partial charge in [0.1, 0.15) is 23.9 Å². The molecule has 0 unspecified atom stereocenters. The van der Waals surface area contributed by atoms with Gasteiger partial charge in [0.05, 0.1) is 11.3 Å². The van der Waals surface area contributed by atoms with E-state index in [2.05, 4.69) is 11.2 Å². The van der Waals surface area contributed by atoms with Crippen LogP contribution in [-0.4, -0.2) is 15.6 Å². The molecule has 0 aliphatic heterocycles. The average Bonchev–Trinajstić information content (AvgIpc) is 3.23. The van der Waals surface area contributed by atoms with Gasteiger partial charge in [0.15, 0.2) is 5.78 Å². The van der Waals surface area contributed by atoms with Crippen LogP contribution in [0.1, 0.15) is 45.6 Å². The van der Waals surface area contributed by atoms with Gasteiger partial charge >= 0.3 is 0 Å². The fourth-order valence-corrected chi connectivity index (χ4v) is 2.90. The SMILES string of the molecule is CCn1cc(C(=O)/C=C/c2ccc(COc3cc(C)cc(C)c3)o2)c(C)n1. The van der Waals surface area contributed by atoms with Gasteiger partial charge in [0.25, 0.3) is 0 Å². The van der Waals surface area contributed by atoms with Crippen LogP contribution in [0.25, 0.3) is 6.08 Å². The Balaban J connectivity index is 1.62. The van der Waals surface area contributed by atoms with Crippen LogP contribution in [-0.2, 0) is 13.2 Å². The van der Waals surface area contributed by atoms with Crippen molar-refractivity contribution in [1.29, 1.82) is 0 Å². The van der Waals surface area contributed by atoms with Crippen LogP contribution in [0, 0.1) is 20.8 Å². The Morgan fingerprint density at radius 1 is 1.19 bits per heavy atom. The number of aromatic nitrogens is 2. The van der Waals surface area contributed by atoms with Gasteiger partial charge in [-0.05, 0) is 75.2 Å². The second kappa shape index (κ2) is 8.08. The van der Waals surface area contributed by atoms with Gasteiger partial charge in [0, 0.05) is 12.7 Å². The quantitative estimate of drug-likeness (QED) is 0.442. The fraction of sp³-hybridized carbons (Fsp3) is 0.273. The molecule has 2 aromatic heterocycles. The third-order valence-electron chi connectivity index (χ3n) is 4.19. The van der Waals surface area contributed by atoms with Crippen molar-refractivity contribution in [3.8, 4) is 5.75 Å². The van der Waals surface area contributed by atoms with E-state index in [1.807, 2.05) is 52.0 Å². The minimum atomic E-state index is -0.0864. The van der Waals surface area contributed by atoms with E-state index < -0.39 is 0 Å². The molecule has 3 aromatic rings. The highest BCUT2D eigenvalue weighted by Gasteiger charge is 2.10. The van der Waals surface area contributed by atoms with Gasteiger partial charge in [-0.25, -0.2) is 0 Å². The first-order valence-electron chi connectivity index (χ1n) is 9.01. The highest BCUT2D eigenvalue weighted by atomic mass is 16.5. The Bertz CT molecular complexity index is 959. The number of hydrogen-bond acceptors (Lipinski definition) is 4. The van der Waals surface area contributed by atoms with Gasteiger partial charge in [-0.1, -0.05) is 6.07 Å². The molecule has 27 heavy (non-hydrogen) atoms. The van der Waals surface area contributed by atoms with Crippen LogP contribution in [0.3, 0.4) is 0 Å². The number of benzene rings is 1. The van der Waals surface area contributed by atoms with Gasteiger partial charge in [-0.15, -0.1) is 0 Å². The molecule has 2 heterocycles. The standard InChI is InChI=1S/C22H24N2O3/c1-5-24-13-21(17(4)23-24)22(25)9-8-18-6-7-19(27-18)14-26-20-11-15(2)10-16(3)12-20/h6-13H,5,14H2,1-4H3/b9-8+. The van der Waals surface area contributed by atoms with Crippen molar-refractivity contribution in [2.75, 3.05) is 0 Å². The number of nitrogens with zero attached hydrogens (tertiary/aromatic N) is 2. The molecule has 0 bridgehead atoms. The molecular formula is C22H24N2O3. The number of carbonyl (C=O) groups is 1. The molecule has 3 rings (SSSR count). The molecule has 0 atom stereocenters. The maximum absolute atomic E-state index is 12.3. The summed E-state index contributed by atoms with van der Waals surface area (Å²) >= 11 is 0. The van der Waals surface area contributed by atoms with Gasteiger partial charge in [0.2, 0.25) is 0 Å². The van der Waals surface area contributed by atoms with E-state index >= 15 is 0 Å². The van der Waals surface area contributed by atoms with Crippen molar-refractivity contribution >= 4 is 11.9 Å². The van der Waals surface area contributed by atoms with E-state index in [0.29, 0.717) is 23.7 Å². The Kier molecular flexibility index (Phi) is 5.60. The fourth-order valence-electron chi connectivity index (χ4n) is 2.90. The number of ether oxygens (including phenoxy) is 1. The van der Waals surface area contributed by atoms with Crippen LogP contribution < -0.4 is 4.74 Å². The molecule has 0 saturated carbocycles. The van der Waals surface area contributed by atoms with Crippen molar-refractivity contribution in [3.05, 3.63) is 76.5 Å². The Morgan fingerprint density at radius 3 is 2.59 bits per heavy atom. The first-order chi connectivity index (χ1) is 12.9. The number of ketones is 1. The van der Waals surface area contributed by atoms with Crippen LogP contribution in [0.4, 0.5) is 0 Å². The predicted molar refractivity (Wildman–Crippen MR) is 105 cm³/mol. The molecule has 0 aliphatic carbocycles. The largest absolute Gasteiger partial charge is 0.486 e. The third-order valence-corrected chi connectivity index (χ3v) is 4.19. The van der Waals surface area contributed by atoms with Crippen molar-refractivity contribution in [2.45, 2.75) is 40.8 Å². The smallest absolute Gasteiger partial charge is 0.189 e. The summed E-state index contributed by atoms with van der Waals surface area (Å²) in [4.78, 5) is 12.3. The topological polar surface area (TPSA) is 57.3 Å². The van der Waals surface area contributed by atoms with E-state index in [-0.39, 0.29) is 5.78 Å². The molecule has 0 amide bonds. The molecule has 0 spiro atoms. The number of hydrogen-bond donors (Lipinski definition) is 0. The lowest BCUT2D eigenvalue weighted by molar-refractivity contribution is 0.104. The summed E-state index contributed by atoms with van der Waals surface area (Å²) in [6.45, 7) is 8.98. The summed E-state index contributed by atoms with van der Waals surface area (Å²) in [5.74, 6) is 2.05. The number of aryl methyl sites for hydroxylation is 4. The molecule has 0 aliphatic rings. The minimum Gasteiger partial charge on any atom is -0.486 e. The third kappa shape index (κ3) is 4.76. The normalized spacial score (nSPS) is 11.3. The molecule has 5 nitrogen and oxygen atoms in total. The predicted octanol–water partition coefficient (Wildman–Crippen LogP) is 4.90. The lowest BCUT2D eigenvalue weighted by Gasteiger charge is -2.06. The van der Waals surface area contributed by atoms with Crippen molar-refractivity contribution in [2.24, 2.45) is 0 Å². The average molecular weight is 364 g/mol. The van der Waals surface area contributed by atoms with E-state index in [4.69, 9.17) is 9.15 Å². The first-order valence-corrected chi connectivity index (χ1v) is 9.01. The van der Waals surface area contributed by atoms with E-state index in [1.165, 1.54) is 6.08 Å². The molecule has 0 fully saturated rings. The number of rotatable bonds is 7. The van der Waals surface area contributed by atoms with Crippen LogP contribution >= 0.6 is 0 Å². The summed E-state index contributed by atoms with van der Waals surface area (Å²) in [7, 11) is 0. The second-order valence-electron chi connectivity index (χ2n) is 6.60. The minimum absolute atomic E-state index is 0.0864. The number of furan rings is 1. The highest BCUT2D eigenvalue weighted by molar-refractivity contribution is 6.07. The van der Waals surface area contributed by atoms with Crippen molar-refractivity contribution in [3.63, 3.8) is 0 Å². The monoisotopic (exact) mass is 364 g/mol. The van der Waals surface area contributed by atoms with Crippen LogP contribution in [0.2, 0.25) is 0 Å². The first kappa shape index (κ1) is 18.7. The summed E-state index contributed by atoms with van der Waals surface area (Å²) in [6, 6.07) is 9.77. The van der Waals surface area contributed by atoms with Gasteiger partial charge in [-0.2, -0.15) is 5.10 Å². The summed E-state index contributed by atoms with van der Waals surface area (Å²) in [5.41, 5.74) is 3.66. The van der Waals surface area contributed by atoms with E-state index in [9.17, 15) is 4.79 Å². The van der Waals surface area contributed by atoms with E-state index in [0.717, 1.165) is 29.1 Å². The number of carbonyl (C=O) groups excluding carboxylic acids is 1. The molecule has 5 heteroatoms. The van der Waals surface area contributed by atoms with Crippen molar-refractivity contribution in [1.82, 2.24) is 9.78 Å². The Hall–Kier alpha value is -3.08. The Labute approximate surface area is 159 Å². The molecule has 1 aromatic carbocycles. The zero-order chi connectivity index (χ0) is 19.4. The lowest BCUT2D eigenvalue weighted by Crippen LogP contribution is -1.95. The molecule has 0 N–H and O–H groups in total. The second-order valence-corrected chi connectivity index (χ2v) is 6.60. The van der Waals surface area contributed by atoms with E-state index in [1.54, 1.807) is 17.0 Å². The Morgan fingerprint density at radius 2 is 1.93 bits per heavy atom. The van der Waals surface area contributed by atoms with Gasteiger partial charge < -0.3 is 9.15 Å². The zero-order valence-corrected chi connectivity index (χ0v) is 16.2. The van der Waals surface area contributed by atoms with Crippen LogP contribution in [0.15, 0.2) is 47.0 Å².